The van der Waals surface area contributed by atoms with E-state index in [4.69, 9.17) is 20.8 Å². The van der Waals surface area contributed by atoms with Crippen LogP contribution in [0.4, 0.5) is 4.39 Å². The Morgan fingerprint density at radius 2 is 2.00 bits per heavy atom. The van der Waals surface area contributed by atoms with E-state index in [1.54, 1.807) is 36.7 Å². The lowest BCUT2D eigenvalue weighted by atomic mass is 10.2. The van der Waals surface area contributed by atoms with Crippen LogP contribution in [0.15, 0.2) is 77.6 Å². The van der Waals surface area contributed by atoms with Gasteiger partial charge >= 0.3 is 0 Å². The number of amides is 1. The van der Waals surface area contributed by atoms with Gasteiger partial charge in [0.25, 0.3) is 0 Å². The van der Waals surface area contributed by atoms with Gasteiger partial charge in [-0.2, -0.15) is 0 Å². The first-order valence-corrected chi connectivity index (χ1v) is 10.3. The quantitative estimate of drug-likeness (QED) is 0.379. The van der Waals surface area contributed by atoms with Gasteiger partial charge in [-0.15, -0.1) is 0 Å². The Morgan fingerprint density at radius 3 is 2.78 bits per heavy atom. The number of pyridine rings is 1. The number of nitrogens with zero attached hydrogens (tertiary/aromatic N) is 2. The van der Waals surface area contributed by atoms with Crippen molar-refractivity contribution in [3.63, 3.8) is 0 Å². The second-order valence-corrected chi connectivity index (χ2v) is 7.34. The molecule has 0 saturated carbocycles. The van der Waals surface area contributed by atoms with Crippen molar-refractivity contribution < 1.29 is 18.3 Å². The van der Waals surface area contributed by atoms with Crippen LogP contribution in [0.3, 0.4) is 0 Å². The highest BCUT2D eigenvalue weighted by Crippen LogP contribution is 2.28. The minimum Gasteiger partial charge on any atom is -0.453 e. The van der Waals surface area contributed by atoms with Crippen molar-refractivity contribution in [1.29, 1.82) is 0 Å². The lowest BCUT2D eigenvalue weighted by molar-refractivity contribution is -0.121. The maximum atomic E-state index is 14.3. The number of aromatic nitrogens is 2. The van der Waals surface area contributed by atoms with Gasteiger partial charge in [-0.25, -0.2) is 9.37 Å². The average molecular weight is 452 g/mol. The fourth-order valence-corrected chi connectivity index (χ4v) is 3.22. The zero-order valence-electron chi connectivity index (χ0n) is 16.9. The van der Waals surface area contributed by atoms with Crippen molar-refractivity contribution in [1.82, 2.24) is 15.3 Å². The monoisotopic (exact) mass is 451 g/mol. The van der Waals surface area contributed by atoms with Crippen molar-refractivity contribution in [3.8, 4) is 22.8 Å². The van der Waals surface area contributed by atoms with Gasteiger partial charge in [0.2, 0.25) is 5.91 Å². The number of halogens is 2. The van der Waals surface area contributed by atoms with E-state index in [-0.39, 0.29) is 24.6 Å². The molecular weight excluding hydrogens is 433 g/mol. The molecule has 0 atom stereocenters. The number of carbonyl (C=O) groups is 1. The molecule has 1 N–H and O–H groups in total. The molecule has 162 valence electrons. The van der Waals surface area contributed by atoms with Crippen LogP contribution in [-0.2, 0) is 17.8 Å². The summed E-state index contributed by atoms with van der Waals surface area (Å²) in [4.78, 5) is 20.3. The lowest BCUT2D eigenvalue weighted by Crippen LogP contribution is -2.23. The number of oxazole rings is 1. The molecule has 0 aliphatic carbocycles. The van der Waals surface area contributed by atoms with Gasteiger partial charge in [-0.3, -0.25) is 9.78 Å². The van der Waals surface area contributed by atoms with Gasteiger partial charge in [0.05, 0.1) is 17.4 Å². The molecule has 0 saturated heterocycles. The van der Waals surface area contributed by atoms with Crippen LogP contribution < -0.4 is 10.1 Å². The summed E-state index contributed by atoms with van der Waals surface area (Å²) in [7, 11) is 0. The fourth-order valence-electron chi connectivity index (χ4n) is 2.99. The Labute approximate surface area is 189 Å². The molecule has 0 unspecified atom stereocenters. The minimum atomic E-state index is -0.521. The number of hydrogen-bond acceptors (Lipinski definition) is 5. The predicted molar refractivity (Wildman–Crippen MR) is 118 cm³/mol. The first kappa shape index (κ1) is 21.5. The number of rotatable bonds is 8. The van der Waals surface area contributed by atoms with E-state index in [9.17, 15) is 9.18 Å². The molecule has 0 fully saturated rings. The van der Waals surface area contributed by atoms with Crippen molar-refractivity contribution in [2.75, 3.05) is 0 Å². The standard InChI is InChI=1S/C24H19ClFN3O3/c25-19-6-2-1-5-18(19)22-15-29-24(32-22)10-9-23(30)28-13-16-7-8-21(20(26)12-16)31-17-4-3-11-27-14-17/h1-8,11-12,14-15H,9-10,13H2,(H,28,30). The Bertz CT molecular complexity index is 1210. The van der Waals surface area contributed by atoms with Crippen LogP contribution in [-0.4, -0.2) is 15.9 Å². The van der Waals surface area contributed by atoms with E-state index in [1.165, 1.54) is 18.3 Å². The highest BCUT2D eigenvalue weighted by molar-refractivity contribution is 6.33. The Kier molecular flexibility index (Phi) is 6.77. The summed E-state index contributed by atoms with van der Waals surface area (Å²) in [6.07, 6.45) is 5.22. The number of nitrogens with one attached hydrogen (secondary N) is 1. The molecule has 32 heavy (non-hydrogen) atoms. The van der Waals surface area contributed by atoms with Crippen LogP contribution in [0, 0.1) is 5.82 Å². The van der Waals surface area contributed by atoms with E-state index in [2.05, 4.69) is 15.3 Å². The molecule has 0 spiro atoms. The summed E-state index contributed by atoms with van der Waals surface area (Å²) in [6.45, 7) is 0.194. The lowest BCUT2D eigenvalue weighted by Gasteiger charge is -2.09. The van der Waals surface area contributed by atoms with Crippen molar-refractivity contribution >= 4 is 17.5 Å². The number of carbonyl (C=O) groups excluding carboxylic acids is 1. The molecule has 0 radical (unpaired) electrons. The number of hydrogen-bond donors (Lipinski definition) is 1. The van der Waals surface area contributed by atoms with E-state index in [1.807, 2.05) is 18.2 Å². The summed E-state index contributed by atoms with van der Waals surface area (Å²) in [6, 6.07) is 15.2. The Morgan fingerprint density at radius 1 is 1.12 bits per heavy atom. The number of benzene rings is 2. The third-order valence-corrected chi connectivity index (χ3v) is 4.94. The van der Waals surface area contributed by atoms with Crippen molar-refractivity contribution in [2.24, 2.45) is 0 Å². The summed E-state index contributed by atoms with van der Waals surface area (Å²) < 4.78 is 25.5. The third-order valence-electron chi connectivity index (χ3n) is 4.61. The van der Waals surface area contributed by atoms with Crippen molar-refractivity contribution in [3.05, 3.63) is 95.5 Å². The molecule has 0 aliphatic heterocycles. The van der Waals surface area contributed by atoms with Crippen LogP contribution in [0.2, 0.25) is 5.02 Å². The summed E-state index contributed by atoms with van der Waals surface area (Å²) >= 11 is 6.17. The third kappa shape index (κ3) is 5.50. The fraction of sp³-hybridized carbons (Fsp3) is 0.125. The topological polar surface area (TPSA) is 77.2 Å². The maximum absolute atomic E-state index is 14.3. The Balaban J connectivity index is 1.27. The summed E-state index contributed by atoms with van der Waals surface area (Å²) in [5, 5.41) is 3.33. The normalized spacial score (nSPS) is 10.7. The smallest absolute Gasteiger partial charge is 0.220 e. The van der Waals surface area contributed by atoms with E-state index < -0.39 is 5.82 Å². The largest absolute Gasteiger partial charge is 0.453 e. The van der Waals surface area contributed by atoms with Gasteiger partial charge in [0.1, 0.15) is 5.75 Å². The number of aryl methyl sites for hydroxylation is 1. The first-order chi connectivity index (χ1) is 15.6. The van der Waals surface area contributed by atoms with Gasteiger partial charge in [-0.1, -0.05) is 29.8 Å². The second kappa shape index (κ2) is 10.1. The van der Waals surface area contributed by atoms with Crippen LogP contribution in [0.1, 0.15) is 17.9 Å². The molecule has 2 aromatic carbocycles. The zero-order chi connectivity index (χ0) is 22.3. The van der Waals surface area contributed by atoms with Crippen molar-refractivity contribution in [2.45, 2.75) is 19.4 Å². The predicted octanol–water partition coefficient (Wildman–Crippen LogP) is 5.57. The molecule has 6 nitrogen and oxygen atoms in total. The molecule has 4 aromatic rings. The Hall–Kier alpha value is -3.71. The van der Waals surface area contributed by atoms with Gasteiger partial charge in [0, 0.05) is 31.1 Å². The molecule has 8 heteroatoms. The first-order valence-electron chi connectivity index (χ1n) is 9.91. The molecule has 2 heterocycles. The second-order valence-electron chi connectivity index (χ2n) is 6.93. The van der Waals surface area contributed by atoms with Crippen LogP contribution >= 0.6 is 11.6 Å². The van der Waals surface area contributed by atoms with Gasteiger partial charge in [-0.05, 0) is 42.0 Å². The molecule has 1 amide bonds. The minimum absolute atomic E-state index is 0.0892. The summed E-state index contributed by atoms with van der Waals surface area (Å²) in [5.74, 6) is 0.808. The summed E-state index contributed by atoms with van der Waals surface area (Å²) in [5.41, 5.74) is 1.36. The SMILES string of the molecule is O=C(CCc1ncc(-c2ccccc2Cl)o1)NCc1ccc(Oc2cccnc2)c(F)c1. The molecular formula is C24H19ClFN3O3. The molecule has 4 rings (SSSR count). The van der Waals surface area contributed by atoms with Gasteiger partial charge < -0.3 is 14.5 Å². The van der Waals surface area contributed by atoms with Crippen LogP contribution in [0.25, 0.3) is 11.3 Å². The average Bonchev–Trinajstić information content (AvgIpc) is 3.28. The van der Waals surface area contributed by atoms with E-state index in [0.717, 1.165) is 5.56 Å². The molecule has 0 bridgehead atoms. The zero-order valence-corrected chi connectivity index (χ0v) is 17.7. The highest BCUT2D eigenvalue weighted by Gasteiger charge is 2.12. The highest BCUT2D eigenvalue weighted by atomic mass is 35.5. The van der Waals surface area contributed by atoms with Crippen LogP contribution in [0.5, 0.6) is 11.5 Å². The van der Waals surface area contributed by atoms with E-state index >= 15 is 0 Å². The number of ether oxygens (including phenoxy) is 1. The molecule has 2 aromatic heterocycles. The van der Waals surface area contributed by atoms with Gasteiger partial charge in [0.15, 0.2) is 23.2 Å². The maximum Gasteiger partial charge on any atom is 0.220 e. The van der Waals surface area contributed by atoms with E-state index in [0.29, 0.717) is 34.4 Å². The molecule has 0 aliphatic rings.